The van der Waals surface area contributed by atoms with Gasteiger partial charge in [0.1, 0.15) is 0 Å². The van der Waals surface area contributed by atoms with Crippen molar-refractivity contribution in [2.45, 2.75) is 33.2 Å². The van der Waals surface area contributed by atoms with E-state index in [1.165, 1.54) is 16.7 Å². The van der Waals surface area contributed by atoms with Gasteiger partial charge in [-0.05, 0) is 43.0 Å². The number of rotatable bonds is 4. The fourth-order valence-corrected chi connectivity index (χ4v) is 3.62. The summed E-state index contributed by atoms with van der Waals surface area (Å²) < 4.78 is 1.82. The van der Waals surface area contributed by atoms with Crippen LogP contribution in [-0.2, 0) is 18.4 Å². The second-order valence-corrected chi connectivity index (χ2v) is 6.97. The number of carbonyl (C=O) groups is 1. The molecule has 0 unspecified atom stereocenters. The molecule has 5 heteroatoms. The van der Waals surface area contributed by atoms with E-state index in [0.717, 1.165) is 24.3 Å². The number of nitrogens with zero attached hydrogens (tertiary/aromatic N) is 3. The van der Waals surface area contributed by atoms with Gasteiger partial charge in [0.25, 0.3) is 0 Å². The molecule has 1 aliphatic heterocycles. The van der Waals surface area contributed by atoms with Crippen molar-refractivity contribution in [2.75, 3.05) is 13.1 Å². The summed E-state index contributed by atoms with van der Waals surface area (Å²) in [6.45, 7) is 8.37. The summed E-state index contributed by atoms with van der Waals surface area (Å²) in [5.74, 6) is -1.09. The van der Waals surface area contributed by atoms with Gasteiger partial charge in [-0.2, -0.15) is 5.10 Å². The highest BCUT2D eigenvalue weighted by molar-refractivity contribution is 5.72. The van der Waals surface area contributed by atoms with Gasteiger partial charge in [-0.25, -0.2) is 0 Å². The Labute approximate surface area is 142 Å². The maximum atomic E-state index is 11.7. The van der Waals surface area contributed by atoms with E-state index in [-0.39, 0.29) is 11.8 Å². The molecule has 2 atom stereocenters. The van der Waals surface area contributed by atoms with Crippen molar-refractivity contribution >= 4 is 5.97 Å². The molecule has 1 N–H and O–H groups in total. The zero-order valence-electron chi connectivity index (χ0n) is 14.8. The summed E-state index contributed by atoms with van der Waals surface area (Å²) >= 11 is 0. The molecule has 5 nitrogen and oxygen atoms in total. The summed E-state index contributed by atoms with van der Waals surface area (Å²) in [6.07, 6.45) is 1.83. The lowest BCUT2D eigenvalue weighted by Gasteiger charge is -2.16. The summed E-state index contributed by atoms with van der Waals surface area (Å²) in [7, 11) is 1.90. The number of hydrogen-bond acceptors (Lipinski definition) is 3. The third-order valence-corrected chi connectivity index (χ3v) is 5.36. The molecule has 0 spiro atoms. The lowest BCUT2D eigenvalue weighted by atomic mass is 9.89. The van der Waals surface area contributed by atoms with Crippen LogP contribution in [0.25, 0.3) is 0 Å². The highest BCUT2D eigenvalue weighted by Crippen LogP contribution is 2.35. The second kappa shape index (κ2) is 6.40. The number of aromatic nitrogens is 2. The molecule has 0 amide bonds. The maximum absolute atomic E-state index is 11.7. The number of carboxylic acids is 1. The van der Waals surface area contributed by atoms with Crippen LogP contribution in [-0.4, -0.2) is 38.8 Å². The molecule has 1 aliphatic rings. The first-order valence-corrected chi connectivity index (χ1v) is 8.36. The Hall–Kier alpha value is -2.14. The number of hydrogen-bond donors (Lipinski definition) is 1. The Kier molecular flexibility index (Phi) is 4.45. The summed E-state index contributed by atoms with van der Waals surface area (Å²) in [6, 6.07) is 6.48. The van der Waals surface area contributed by atoms with Gasteiger partial charge in [-0.3, -0.25) is 14.4 Å². The predicted molar refractivity (Wildman–Crippen MR) is 93.0 cm³/mol. The van der Waals surface area contributed by atoms with Gasteiger partial charge in [-0.1, -0.05) is 18.2 Å². The van der Waals surface area contributed by atoms with Crippen LogP contribution in [0.15, 0.2) is 24.4 Å². The third-order valence-electron chi connectivity index (χ3n) is 5.36. The molecule has 1 saturated heterocycles. The van der Waals surface area contributed by atoms with Gasteiger partial charge >= 0.3 is 5.97 Å². The highest BCUT2D eigenvalue weighted by atomic mass is 16.4. The van der Waals surface area contributed by atoms with Crippen molar-refractivity contribution in [2.24, 2.45) is 13.0 Å². The van der Waals surface area contributed by atoms with Gasteiger partial charge in [0, 0.05) is 38.3 Å². The number of likely N-dealkylation sites (tertiary alicyclic amines) is 1. The zero-order valence-corrected chi connectivity index (χ0v) is 14.8. The lowest BCUT2D eigenvalue weighted by Crippen LogP contribution is -2.23. The van der Waals surface area contributed by atoms with Crippen molar-refractivity contribution in [1.82, 2.24) is 14.7 Å². The topological polar surface area (TPSA) is 58.4 Å². The second-order valence-electron chi connectivity index (χ2n) is 6.97. The smallest absolute Gasteiger partial charge is 0.308 e. The molecule has 24 heavy (non-hydrogen) atoms. The normalized spacial score (nSPS) is 21.3. The first-order chi connectivity index (χ1) is 11.4. The van der Waals surface area contributed by atoms with Crippen molar-refractivity contribution in [3.63, 3.8) is 0 Å². The van der Waals surface area contributed by atoms with Crippen LogP contribution in [0.3, 0.4) is 0 Å². The van der Waals surface area contributed by atoms with Crippen LogP contribution < -0.4 is 0 Å². The average Bonchev–Trinajstić information content (AvgIpc) is 3.08. The fraction of sp³-hybridized carbons (Fsp3) is 0.474. The Bertz CT molecular complexity index is 766. The van der Waals surface area contributed by atoms with Crippen LogP contribution in [0.1, 0.15) is 33.9 Å². The molecule has 2 aromatic rings. The molecule has 0 aliphatic carbocycles. The first-order valence-electron chi connectivity index (χ1n) is 8.36. The Morgan fingerprint density at radius 1 is 1.25 bits per heavy atom. The molecule has 0 saturated carbocycles. The Balaban J connectivity index is 1.81. The summed E-state index contributed by atoms with van der Waals surface area (Å²) in [5, 5.41) is 13.9. The van der Waals surface area contributed by atoms with Gasteiger partial charge in [-0.15, -0.1) is 0 Å². The number of aryl methyl sites for hydroxylation is 3. The van der Waals surface area contributed by atoms with E-state index >= 15 is 0 Å². The molecule has 1 aromatic carbocycles. The van der Waals surface area contributed by atoms with Crippen molar-refractivity contribution in [3.8, 4) is 0 Å². The Morgan fingerprint density at radius 3 is 2.58 bits per heavy atom. The molecule has 128 valence electrons. The highest BCUT2D eigenvalue weighted by Gasteiger charge is 2.39. The predicted octanol–water partition coefficient (Wildman–Crippen LogP) is 2.65. The standard InChI is InChI=1S/C19H25N3O2/c1-12-5-6-15(7-13(12)2)9-22-10-17(18(11-22)19(23)24)16-8-20-21(4)14(16)3/h5-8,17-18H,9-11H2,1-4H3,(H,23,24)/t17-,18+/m1/s1. The molecular weight excluding hydrogens is 302 g/mol. The number of aliphatic carboxylic acids is 1. The van der Waals surface area contributed by atoms with Gasteiger partial charge in [0.05, 0.1) is 12.1 Å². The van der Waals surface area contributed by atoms with Gasteiger partial charge < -0.3 is 5.11 Å². The van der Waals surface area contributed by atoms with E-state index in [9.17, 15) is 9.90 Å². The minimum atomic E-state index is -0.717. The van der Waals surface area contributed by atoms with E-state index in [1.807, 2.05) is 24.9 Å². The third kappa shape index (κ3) is 3.08. The van der Waals surface area contributed by atoms with E-state index in [0.29, 0.717) is 6.54 Å². The van der Waals surface area contributed by atoms with E-state index < -0.39 is 5.97 Å². The van der Waals surface area contributed by atoms with Gasteiger partial charge in [0.2, 0.25) is 0 Å². The van der Waals surface area contributed by atoms with E-state index in [4.69, 9.17) is 0 Å². The first kappa shape index (κ1) is 16.7. The SMILES string of the molecule is Cc1ccc(CN2C[C@H](C(=O)O)[C@@H](c3cnn(C)c3C)C2)cc1C. The van der Waals surface area contributed by atoms with Crippen molar-refractivity contribution in [3.05, 3.63) is 52.3 Å². The Morgan fingerprint density at radius 2 is 2.00 bits per heavy atom. The fourth-order valence-electron chi connectivity index (χ4n) is 3.62. The van der Waals surface area contributed by atoms with Crippen LogP contribution >= 0.6 is 0 Å². The number of carboxylic acid groups (broad SMARTS) is 1. The molecule has 0 bridgehead atoms. The lowest BCUT2D eigenvalue weighted by molar-refractivity contribution is -0.141. The molecule has 3 rings (SSSR count). The zero-order chi connectivity index (χ0) is 17.4. The average molecular weight is 327 g/mol. The monoisotopic (exact) mass is 327 g/mol. The van der Waals surface area contributed by atoms with Crippen LogP contribution in [0, 0.1) is 26.7 Å². The largest absolute Gasteiger partial charge is 0.481 e. The minimum absolute atomic E-state index is 0.00254. The van der Waals surface area contributed by atoms with Crippen LogP contribution in [0.5, 0.6) is 0 Å². The molecule has 2 heterocycles. The van der Waals surface area contributed by atoms with Crippen molar-refractivity contribution in [1.29, 1.82) is 0 Å². The maximum Gasteiger partial charge on any atom is 0.308 e. The van der Waals surface area contributed by atoms with Crippen LogP contribution in [0.2, 0.25) is 0 Å². The molecular formula is C19H25N3O2. The molecule has 1 aromatic heterocycles. The van der Waals surface area contributed by atoms with Crippen LogP contribution in [0.4, 0.5) is 0 Å². The number of benzene rings is 1. The summed E-state index contributed by atoms with van der Waals surface area (Å²) in [4.78, 5) is 14.0. The minimum Gasteiger partial charge on any atom is -0.481 e. The van der Waals surface area contributed by atoms with E-state index in [2.05, 4.69) is 42.0 Å². The van der Waals surface area contributed by atoms with E-state index in [1.54, 1.807) is 0 Å². The molecule has 1 fully saturated rings. The van der Waals surface area contributed by atoms with Crippen molar-refractivity contribution < 1.29 is 9.90 Å². The summed E-state index contributed by atoms with van der Waals surface area (Å²) in [5.41, 5.74) is 5.92. The molecule has 0 radical (unpaired) electrons. The quantitative estimate of drug-likeness (QED) is 0.938. The van der Waals surface area contributed by atoms with Gasteiger partial charge in [0.15, 0.2) is 0 Å².